The second-order valence-corrected chi connectivity index (χ2v) is 7.65. The highest BCUT2D eigenvalue weighted by atomic mass is 32.2. The third kappa shape index (κ3) is 5.56. The molecule has 0 aliphatic carbocycles. The molecule has 0 aliphatic rings. The fraction of sp³-hybridized carbons (Fsp3) is 0.0588. The highest BCUT2D eigenvalue weighted by Crippen LogP contribution is 2.27. The van der Waals surface area contributed by atoms with Crippen molar-refractivity contribution in [3.05, 3.63) is 70.0 Å². The lowest BCUT2D eigenvalue weighted by Gasteiger charge is -2.03. The van der Waals surface area contributed by atoms with Crippen LogP contribution in [0.3, 0.4) is 0 Å². The van der Waals surface area contributed by atoms with Gasteiger partial charge >= 0.3 is 0 Å². The van der Waals surface area contributed by atoms with Crippen molar-refractivity contribution >= 4 is 51.4 Å². The van der Waals surface area contributed by atoms with Crippen molar-refractivity contribution < 1.29 is 18.9 Å². The zero-order chi connectivity index (χ0) is 20.8. The molecule has 0 radical (unpaired) electrons. The van der Waals surface area contributed by atoms with Gasteiger partial charge in [0, 0.05) is 11.8 Å². The minimum absolute atomic E-state index is 0.0319. The van der Waals surface area contributed by atoms with Crippen LogP contribution in [-0.4, -0.2) is 32.7 Å². The van der Waals surface area contributed by atoms with Crippen molar-refractivity contribution in [1.82, 2.24) is 10.2 Å². The Morgan fingerprint density at radius 1 is 1.10 bits per heavy atom. The van der Waals surface area contributed by atoms with Gasteiger partial charge in [-0.05, 0) is 30.3 Å². The molecule has 0 saturated heterocycles. The summed E-state index contributed by atoms with van der Waals surface area (Å²) in [6, 6.07) is 10.9. The smallest absolute Gasteiger partial charge is 0.282 e. The standard InChI is InChI=1S/C17H12FN5O4S2/c18-10-5-7-11(8-6-10)19-14(24)9-28-17-22-21-16(29-17)20-15(25)12-3-1-2-4-13(12)23(26)27/h1-8H,9H2,(H,19,24)(H,20,21,25). The number of carbonyl (C=O) groups is 2. The second kappa shape index (κ2) is 9.21. The normalized spacial score (nSPS) is 10.4. The van der Waals surface area contributed by atoms with Crippen molar-refractivity contribution in [3.63, 3.8) is 0 Å². The molecule has 0 fully saturated rings. The van der Waals surface area contributed by atoms with Crippen LogP contribution in [0.5, 0.6) is 0 Å². The van der Waals surface area contributed by atoms with Crippen molar-refractivity contribution in [2.45, 2.75) is 4.34 Å². The van der Waals surface area contributed by atoms with Gasteiger partial charge in [-0.15, -0.1) is 10.2 Å². The van der Waals surface area contributed by atoms with Crippen LogP contribution in [-0.2, 0) is 4.79 Å². The molecular formula is C17H12FN5O4S2. The van der Waals surface area contributed by atoms with Crippen LogP contribution in [0, 0.1) is 15.9 Å². The van der Waals surface area contributed by atoms with Gasteiger partial charge in [-0.3, -0.25) is 25.0 Å². The van der Waals surface area contributed by atoms with Crippen LogP contribution in [0.25, 0.3) is 0 Å². The average Bonchev–Trinajstić information content (AvgIpc) is 3.15. The molecule has 0 atom stereocenters. The Morgan fingerprint density at radius 3 is 2.55 bits per heavy atom. The summed E-state index contributed by atoms with van der Waals surface area (Å²) >= 11 is 2.13. The Labute approximate surface area is 171 Å². The molecule has 12 heteroatoms. The number of rotatable bonds is 7. The van der Waals surface area contributed by atoms with E-state index in [1.54, 1.807) is 0 Å². The summed E-state index contributed by atoms with van der Waals surface area (Å²) in [7, 11) is 0. The van der Waals surface area contributed by atoms with E-state index >= 15 is 0 Å². The van der Waals surface area contributed by atoms with E-state index in [1.807, 2.05) is 0 Å². The van der Waals surface area contributed by atoms with Crippen molar-refractivity contribution in [1.29, 1.82) is 0 Å². The molecule has 0 aliphatic heterocycles. The summed E-state index contributed by atoms with van der Waals surface area (Å²) in [5.74, 6) is -1.37. The lowest BCUT2D eigenvalue weighted by molar-refractivity contribution is -0.385. The van der Waals surface area contributed by atoms with Gasteiger partial charge in [-0.2, -0.15) is 0 Å². The zero-order valence-corrected chi connectivity index (χ0v) is 16.1. The number of halogens is 1. The van der Waals surface area contributed by atoms with Crippen LogP contribution < -0.4 is 10.6 Å². The summed E-state index contributed by atoms with van der Waals surface area (Å²) in [4.78, 5) is 34.6. The molecule has 0 bridgehead atoms. The molecule has 0 unspecified atom stereocenters. The first kappa shape index (κ1) is 20.4. The fourth-order valence-corrected chi connectivity index (χ4v) is 3.71. The van der Waals surface area contributed by atoms with E-state index < -0.39 is 16.6 Å². The first-order valence-corrected chi connectivity index (χ1v) is 9.79. The quantitative estimate of drug-likeness (QED) is 0.252. The molecule has 3 rings (SSSR count). The van der Waals surface area contributed by atoms with Crippen LogP contribution in [0.1, 0.15) is 10.4 Å². The highest BCUT2D eigenvalue weighted by Gasteiger charge is 2.20. The monoisotopic (exact) mass is 433 g/mol. The Hall–Kier alpha value is -3.38. The van der Waals surface area contributed by atoms with Crippen molar-refractivity contribution in [2.75, 3.05) is 16.4 Å². The summed E-state index contributed by atoms with van der Waals surface area (Å²) in [6.45, 7) is 0. The number of nitro groups is 1. The fourth-order valence-electron chi connectivity index (χ4n) is 2.17. The van der Waals surface area contributed by atoms with Gasteiger partial charge < -0.3 is 5.32 Å². The van der Waals surface area contributed by atoms with Crippen LogP contribution >= 0.6 is 23.1 Å². The molecule has 148 valence electrons. The summed E-state index contributed by atoms with van der Waals surface area (Å²) < 4.78 is 13.3. The summed E-state index contributed by atoms with van der Waals surface area (Å²) in [5, 5.41) is 23.9. The predicted octanol–water partition coefficient (Wildman–Crippen LogP) is 3.57. The van der Waals surface area contributed by atoms with Gasteiger partial charge in [0.25, 0.3) is 11.6 Å². The Kier molecular flexibility index (Phi) is 6.46. The first-order chi connectivity index (χ1) is 13.9. The van der Waals surface area contributed by atoms with Gasteiger partial charge in [-0.1, -0.05) is 35.2 Å². The number of amides is 2. The Bertz CT molecular complexity index is 1060. The maximum atomic E-state index is 12.9. The maximum Gasteiger partial charge on any atom is 0.282 e. The maximum absolute atomic E-state index is 12.9. The summed E-state index contributed by atoms with van der Waals surface area (Å²) in [5.41, 5.74) is 0.0498. The Balaban J connectivity index is 1.55. The van der Waals surface area contributed by atoms with E-state index in [2.05, 4.69) is 20.8 Å². The SMILES string of the molecule is O=C(CSc1nnc(NC(=O)c2ccccc2[N+](=O)[O-])s1)Nc1ccc(F)cc1. The van der Waals surface area contributed by atoms with Gasteiger partial charge in [0.2, 0.25) is 11.0 Å². The minimum atomic E-state index is -0.681. The topological polar surface area (TPSA) is 127 Å². The van der Waals surface area contributed by atoms with Crippen LogP contribution in [0.4, 0.5) is 20.9 Å². The van der Waals surface area contributed by atoms with E-state index in [9.17, 15) is 24.1 Å². The number of aromatic nitrogens is 2. The van der Waals surface area contributed by atoms with Crippen LogP contribution in [0.2, 0.25) is 0 Å². The number of hydrogen-bond donors (Lipinski definition) is 2. The zero-order valence-electron chi connectivity index (χ0n) is 14.5. The third-order valence-electron chi connectivity index (χ3n) is 3.43. The van der Waals surface area contributed by atoms with E-state index in [-0.39, 0.29) is 28.0 Å². The summed E-state index contributed by atoms with van der Waals surface area (Å²) in [6.07, 6.45) is 0. The van der Waals surface area contributed by atoms with Gasteiger partial charge in [0.15, 0.2) is 4.34 Å². The number of thioether (sulfide) groups is 1. The first-order valence-electron chi connectivity index (χ1n) is 7.99. The van der Waals surface area contributed by atoms with E-state index in [0.29, 0.717) is 10.0 Å². The van der Waals surface area contributed by atoms with Crippen molar-refractivity contribution in [3.8, 4) is 0 Å². The molecule has 9 nitrogen and oxygen atoms in total. The van der Waals surface area contributed by atoms with Crippen LogP contribution in [0.15, 0.2) is 52.9 Å². The van der Waals surface area contributed by atoms with Gasteiger partial charge in [0.1, 0.15) is 11.4 Å². The lowest BCUT2D eigenvalue weighted by Crippen LogP contribution is -2.13. The van der Waals surface area contributed by atoms with E-state index in [0.717, 1.165) is 23.1 Å². The van der Waals surface area contributed by atoms with E-state index in [1.165, 1.54) is 48.5 Å². The molecule has 1 aromatic heterocycles. The molecular weight excluding hydrogens is 421 g/mol. The number of hydrogen-bond acceptors (Lipinski definition) is 8. The highest BCUT2D eigenvalue weighted by molar-refractivity contribution is 8.01. The number of carbonyl (C=O) groups excluding carboxylic acids is 2. The molecule has 1 heterocycles. The van der Waals surface area contributed by atoms with Gasteiger partial charge in [0.05, 0.1) is 10.7 Å². The number of para-hydroxylation sites is 1. The molecule has 0 saturated carbocycles. The molecule has 2 aromatic carbocycles. The number of nitro benzene ring substituents is 1. The molecule has 2 amide bonds. The van der Waals surface area contributed by atoms with Gasteiger partial charge in [-0.25, -0.2) is 4.39 Å². The number of nitrogens with one attached hydrogen (secondary N) is 2. The van der Waals surface area contributed by atoms with Crippen molar-refractivity contribution in [2.24, 2.45) is 0 Å². The second-order valence-electron chi connectivity index (χ2n) is 5.45. The number of anilines is 2. The third-order valence-corrected chi connectivity index (χ3v) is 5.40. The largest absolute Gasteiger partial charge is 0.325 e. The molecule has 0 spiro atoms. The minimum Gasteiger partial charge on any atom is -0.325 e. The molecule has 3 aromatic rings. The predicted molar refractivity (Wildman–Crippen MR) is 107 cm³/mol. The Morgan fingerprint density at radius 2 is 1.83 bits per heavy atom. The lowest BCUT2D eigenvalue weighted by atomic mass is 10.1. The number of nitrogens with zero attached hydrogens (tertiary/aromatic N) is 3. The average molecular weight is 433 g/mol. The van der Waals surface area contributed by atoms with E-state index in [4.69, 9.17) is 0 Å². The molecule has 2 N–H and O–H groups in total. The molecule has 29 heavy (non-hydrogen) atoms. The number of benzene rings is 2.